The largest absolute Gasteiger partial charge is 0.502 e. The molecule has 1 aromatic heterocycles. The van der Waals surface area contributed by atoms with E-state index in [4.69, 9.17) is 4.99 Å². The van der Waals surface area contributed by atoms with Gasteiger partial charge < -0.3 is 10.0 Å². The van der Waals surface area contributed by atoms with Crippen LogP contribution in [0.25, 0.3) is 0 Å². The molecule has 3 heterocycles. The van der Waals surface area contributed by atoms with E-state index < -0.39 is 4.92 Å². The summed E-state index contributed by atoms with van der Waals surface area (Å²) in [6.07, 6.45) is 2.71. The van der Waals surface area contributed by atoms with E-state index in [0.29, 0.717) is 6.04 Å². The van der Waals surface area contributed by atoms with Crippen molar-refractivity contribution < 1.29 is 10.0 Å². The van der Waals surface area contributed by atoms with Crippen molar-refractivity contribution in [3.63, 3.8) is 0 Å². The van der Waals surface area contributed by atoms with E-state index in [1.807, 2.05) is 18.2 Å². The van der Waals surface area contributed by atoms with Gasteiger partial charge >= 0.3 is 5.69 Å². The molecule has 0 amide bonds. The molecular formula is C18H18N4O3S. The van der Waals surface area contributed by atoms with Crippen LogP contribution < -0.4 is 0 Å². The first-order valence-electron chi connectivity index (χ1n) is 8.47. The van der Waals surface area contributed by atoms with Crippen molar-refractivity contribution >= 4 is 22.6 Å². The van der Waals surface area contributed by atoms with E-state index in [-0.39, 0.29) is 23.5 Å². The van der Waals surface area contributed by atoms with Crippen molar-refractivity contribution in [3.8, 4) is 5.75 Å². The minimum absolute atomic E-state index is 0.167. The fourth-order valence-electron chi connectivity index (χ4n) is 3.58. The molecule has 1 saturated heterocycles. The maximum atomic E-state index is 11.3. The highest BCUT2D eigenvalue weighted by Crippen LogP contribution is 2.49. The van der Waals surface area contributed by atoms with Crippen LogP contribution in [0.15, 0.2) is 47.6 Å². The third-order valence-electron chi connectivity index (χ3n) is 4.87. The van der Waals surface area contributed by atoms with Gasteiger partial charge in [-0.05, 0) is 30.2 Å². The van der Waals surface area contributed by atoms with E-state index in [1.54, 1.807) is 24.0 Å². The van der Waals surface area contributed by atoms with Crippen LogP contribution >= 0.6 is 11.8 Å². The lowest BCUT2D eigenvalue weighted by atomic mass is 9.94. The van der Waals surface area contributed by atoms with Gasteiger partial charge in [-0.1, -0.05) is 30.8 Å². The first-order chi connectivity index (χ1) is 12.6. The zero-order valence-corrected chi connectivity index (χ0v) is 15.0. The minimum Gasteiger partial charge on any atom is -0.502 e. The number of rotatable bonds is 4. The minimum atomic E-state index is -0.554. The van der Waals surface area contributed by atoms with Crippen LogP contribution in [0.3, 0.4) is 0 Å². The molecule has 1 aromatic carbocycles. The predicted molar refractivity (Wildman–Crippen MR) is 100 cm³/mol. The zero-order valence-electron chi connectivity index (χ0n) is 14.1. The molecule has 0 spiro atoms. The Balaban J connectivity index is 1.82. The maximum Gasteiger partial charge on any atom is 0.311 e. The molecule has 26 heavy (non-hydrogen) atoms. The van der Waals surface area contributed by atoms with Crippen LogP contribution in [-0.2, 0) is 0 Å². The molecule has 4 rings (SSSR count). The van der Waals surface area contributed by atoms with Crippen LogP contribution in [0.4, 0.5) is 5.69 Å². The third kappa shape index (κ3) is 2.70. The smallest absolute Gasteiger partial charge is 0.311 e. The van der Waals surface area contributed by atoms with Gasteiger partial charge in [-0.15, -0.1) is 0 Å². The van der Waals surface area contributed by atoms with Crippen molar-refractivity contribution in [3.05, 3.63) is 64.0 Å². The Labute approximate surface area is 154 Å². The molecule has 2 aromatic rings. The highest BCUT2D eigenvalue weighted by atomic mass is 32.2. The summed E-state index contributed by atoms with van der Waals surface area (Å²) in [6.45, 7) is 2.14. The van der Waals surface area contributed by atoms with E-state index in [9.17, 15) is 15.2 Å². The van der Waals surface area contributed by atoms with E-state index in [0.717, 1.165) is 28.6 Å². The molecule has 8 heteroatoms. The summed E-state index contributed by atoms with van der Waals surface area (Å²) in [4.78, 5) is 22.3. The summed E-state index contributed by atoms with van der Waals surface area (Å²) in [6, 6.07) is 10.3. The average molecular weight is 370 g/mol. The Bertz CT molecular complexity index is 874. The molecule has 0 aliphatic carbocycles. The van der Waals surface area contributed by atoms with Gasteiger partial charge in [0.2, 0.25) is 0 Å². The molecule has 3 atom stereocenters. The summed E-state index contributed by atoms with van der Waals surface area (Å²) in [5.74, 6) is 0.635. The van der Waals surface area contributed by atoms with Gasteiger partial charge in [0, 0.05) is 24.1 Å². The number of hydrogen-bond donors (Lipinski definition) is 1. The lowest BCUT2D eigenvalue weighted by molar-refractivity contribution is -0.386. The standard InChI is InChI=1S/C18H18N4O3S/c1-2-12-10-26-18-20-16(13-5-3-4-8-19-13)17(21(12)18)11-6-7-15(23)14(9-11)22(24)25/h3-9,12,16-17,23H,2,10H2,1H3/t12-,16-,17-/m1/s1. The molecule has 134 valence electrons. The second kappa shape index (κ2) is 6.60. The number of thioether (sulfide) groups is 1. The van der Waals surface area contributed by atoms with E-state index >= 15 is 0 Å². The maximum absolute atomic E-state index is 11.3. The number of aromatic nitrogens is 1. The summed E-state index contributed by atoms with van der Waals surface area (Å²) < 4.78 is 0. The fraction of sp³-hybridized carbons (Fsp3) is 0.333. The molecule has 7 nitrogen and oxygen atoms in total. The monoisotopic (exact) mass is 370 g/mol. The molecule has 0 bridgehead atoms. The number of hydrogen-bond acceptors (Lipinski definition) is 7. The molecule has 0 unspecified atom stereocenters. The molecule has 0 saturated carbocycles. The molecule has 2 aliphatic rings. The Hall–Kier alpha value is -2.61. The van der Waals surface area contributed by atoms with Gasteiger partial charge in [0.05, 0.1) is 16.7 Å². The number of nitrogens with zero attached hydrogens (tertiary/aromatic N) is 4. The lowest BCUT2D eigenvalue weighted by Crippen LogP contribution is -2.35. The number of pyridine rings is 1. The van der Waals surface area contributed by atoms with Gasteiger partial charge in [-0.25, -0.2) is 0 Å². The quantitative estimate of drug-likeness (QED) is 0.652. The first kappa shape index (κ1) is 16.8. The average Bonchev–Trinajstić information content (AvgIpc) is 3.21. The number of aliphatic imine (C=N–C) groups is 1. The fourth-order valence-corrected chi connectivity index (χ4v) is 4.92. The first-order valence-corrected chi connectivity index (χ1v) is 9.46. The number of fused-ring (bicyclic) bond motifs is 1. The van der Waals surface area contributed by atoms with Crippen molar-refractivity contribution in [1.29, 1.82) is 0 Å². The lowest BCUT2D eigenvalue weighted by Gasteiger charge is -2.31. The van der Waals surface area contributed by atoms with E-state index in [2.05, 4.69) is 16.8 Å². The predicted octanol–water partition coefficient (Wildman–Crippen LogP) is 3.67. The zero-order chi connectivity index (χ0) is 18.3. The number of amidine groups is 1. The van der Waals surface area contributed by atoms with Crippen molar-refractivity contribution in [1.82, 2.24) is 9.88 Å². The Morgan fingerprint density at radius 3 is 2.92 bits per heavy atom. The van der Waals surface area contributed by atoms with Crippen molar-refractivity contribution in [2.24, 2.45) is 4.99 Å². The van der Waals surface area contributed by atoms with Gasteiger partial charge in [-0.2, -0.15) is 0 Å². The molecular weight excluding hydrogens is 352 g/mol. The highest BCUT2D eigenvalue weighted by molar-refractivity contribution is 8.14. The van der Waals surface area contributed by atoms with Gasteiger partial charge in [0.15, 0.2) is 10.9 Å². The van der Waals surface area contributed by atoms with Crippen LogP contribution in [0.5, 0.6) is 5.75 Å². The Morgan fingerprint density at radius 1 is 1.38 bits per heavy atom. The number of benzene rings is 1. The van der Waals surface area contributed by atoms with Gasteiger partial charge in [0.25, 0.3) is 0 Å². The van der Waals surface area contributed by atoms with Crippen LogP contribution in [0, 0.1) is 10.1 Å². The van der Waals surface area contributed by atoms with Crippen molar-refractivity contribution in [2.75, 3.05) is 5.75 Å². The summed E-state index contributed by atoms with van der Waals surface area (Å²) in [7, 11) is 0. The van der Waals surface area contributed by atoms with Gasteiger partial charge in [0.1, 0.15) is 6.04 Å². The van der Waals surface area contributed by atoms with Gasteiger partial charge in [-0.3, -0.25) is 20.1 Å². The number of nitro groups is 1. The SMILES string of the molecule is CC[C@@H]1CSC2=N[C@H](c3ccccn3)[C@@H](c3ccc(O)c([N+](=O)[O-])c3)N21. The van der Waals surface area contributed by atoms with Crippen molar-refractivity contribution in [2.45, 2.75) is 31.5 Å². The molecule has 1 N–H and O–H groups in total. The summed E-state index contributed by atoms with van der Waals surface area (Å²) in [5.41, 5.74) is 1.33. The Kier molecular flexibility index (Phi) is 4.28. The summed E-state index contributed by atoms with van der Waals surface area (Å²) >= 11 is 1.72. The number of phenols is 1. The number of phenolic OH excluding ortho intramolecular Hbond substituents is 1. The molecule has 0 radical (unpaired) electrons. The third-order valence-corrected chi connectivity index (χ3v) is 5.99. The van der Waals surface area contributed by atoms with E-state index in [1.165, 1.54) is 12.1 Å². The molecule has 2 aliphatic heterocycles. The number of nitro benzene ring substituents is 1. The van der Waals surface area contributed by atoms with Crippen LogP contribution in [0.2, 0.25) is 0 Å². The highest BCUT2D eigenvalue weighted by Gasteiger charge is 2.45. The van der Waals surface area contributed by atoms with Crippen LogP contribution in [-0.4, -0.2) is 36.9 Å². The second-order valence-corrected chi connectivity index (χ2v) is 7.33. The van der Waals surface area contributed by atoms with Crippen LogP contribution in [0.1, 0.15) is 36.7 Å². The summed E-state index contributed by atoms with van der Waals surface area (Å²) in [5, 5.41) is 22.1. The molecule has 1 fully saturated rings. The Morgan fingerprint density at radius 2 is 2.23 bits per heavy atom. The second-order valence-electron chi connectivity index (χ2n) is 6.34. The normalized spacial score (nSPS) is 24.4. The number of aromatic hydroxyl groups is 1. The topological polar surface area (TPSA) is 91.9 Å².